The number of aliphatic hydroxyl groups excluding tert-OH is 1. The van der Waals surface area contributed by atoms with Gasteiger partial charge in [0.05, 0.1) is 19.2 Å². The van der Waals surface area contributed by atoms with E-state index in [-0.39, 0.29) is 6.61 Å². The molecular formula is C15H22ClNO3. The number of hydrogen-bond donors (Lipinski definition) is 2. The monoisotopic (exact) mass is 299 g/mol. The van der Waals surface area contributed by atoms with Crippen LogP contribution >= 0.6 is 11.6 Å². The highest BCUT2D eigenvalue weighted by molar-refractivity contribution is 6.33. The Morgan fingerprint density at radius 2 is 2.10 bits per heavy atom. The molecule has 4 nitrogen and oxygen atoms in total. The van der Waals surface area contributed by atoms with Crippen molar-refractivity contribution < 1.29 is 14.6 Å². The number of hydrogen-bond acceptors (Lipinski definition) is 4. The van der Waals surface area contributed by atoms with Crippen LogP contribution in [0.4, 0.5) is 0 Å². The first-order valence-corrected chi connectivity index (χ1v) is 7.32. The third-order valence-electron chi connectivity index (χ3n) is 4.01. The van der Waals surface area contributed by atoms with Gasteiger partial charge in [-0.05, 0) is 30.4 Å². The van der Waals surface area contributed by atoms with Crippen molar-refractivity contribution in [3.05, 3.63) is 22.7 Å². The molecule has 2 atom stereocenters. The van der Waals surface area contributed by atoms with E-state index in [9.17, 15) is 5.11 Å². The zero-order valence-electron chi connectivity index (χ0n) is 12.0. The highest BCUT2D eigenvalue weighted by Crippen LogP contribution is 2.37. The van der Waals surface area contributed by atoms with E-state index in [1.54, 1.807) is 14.2 Å². The largest absolute Gasteiger partial charge is 0.493 e. The molecular weight excluding hydrogens is 278 g/mol. The van der Waals surface area contributed by atoms with Crippen LogP contribution in [0.2, 0.25) is 5.02 Å². The van der Waals surface area contributed by atoms with Crippen molar-refractivity contribution in [3.63, 3.8) is 0 Å². The van der Waals surface area contributed by atoms with E-state index >= 15 is 0 Å². The fraction of sp³-hybridized carbons (Fsp3) is 0.600. The predicted octanol–water partition coefficient (Wildman–Crippen LogP) is 2.61. The average molecular weight is 300 g/mol. The first kappa shape index (κ1) is 15.4. The van der Waals surface area contributed by atoms with E-state index in [0.717, 1.165) is 18.4 Å². The first-order chi connectivity index (χ1) is 9.71. The number of rotatable bonds is 6. The lowest BCUT2D eigenvalue weighted by atomic mass is 10.0. The van der Waals surface area contributed by atoms with Crippen LogP contribution in [0.5, 0.6) is 11.5 Å². The summed E-state index contributed by atoms with van der Waals surface area (Å²) in [5.41, 5.74) is 0.980. The predicted molar refractivity (Wildman–Crippen MR) is 79.6 cm³/mol. The van der Waals surface area contributed by atoms with Gasteiger partial charge in [-0.15, -0.1) is 0 Å². The summed E-state index contributed by atoms with van der Waals surface area (Å²) in [4.78, 5) is 0. The molecule has 1 aromatic rings. The lowest BCUT2D eigenvalue weighted by molar-refractivity contribution is 0.205. The van der Waals surface area contributed by atoms with E-state index in [4.69, 9.17) is 21.1 Å². The van der Waals surface area contributed by atoms with Gasteiger partial charge in [0.1, 0.15) is 0 Å². The maximum absolute atomic E-state index is 9.34. The van der Waals surface area contributed by atoms with Gasteiger partial charge in [-0.1, -0.05) is 24.1 Å². The van der Waals surface area contributed by atoms with E-state index < -0.39 is 0 Å². The molecule has 2 unspecified atom stereocenters. The van der Waals surface area contributed by atoms with Crippen LogP contribution in [0.25, 0.3) is 0 Å². The number of benzene rings is 1. The summed E-state index contributed by atoms with van der Waals surface area (Å²) in [6.45, 7) is 0.914. The Morgan fingerprint density at radius 3 is 2.75 bits per heavy atom. The van der Waals surface area contributed by atoms with Crippen LogP contribution in [-0.2, 0) is 6.54 Å². The highest BCUT2D eigenvalue weighted by atomic mass is 35.5. The number of ether oxygens (including phenoxy) is 2. The van der Waals surface area contributed by atoms with Gasteiger partial charge in [0.25, 0.3) is 0 Å². The van der Waals surface area contributed by atoms with E-state index in [1.165, 1.54) is 6.42 Å². The van der Waals surface area contributed by atoms with Crippen molar-refractivity contribution in [2.75, 3.05) is 20.8 Å². The molecule has 0 amide bonds. The van der Waals surface area contributed by atoms with E-state index in [0.29, 0.717) is 35.0 Å². The Balaban J connectivity index is 2.06. The molecule has 0 radical (unpaired) electrons. The Morgan fingerprint density at radius 1 is 1.30 bits per heavy atom. The minimum absolute atomic E-state index is 0.247. The van der Waals surface area contributed by atoms with Gasteiger partial charge in [-0.3, -0.25) is 0 Å². The Hall–Kier alpha value is -0.970. The van der Waals surface area contributed by atoms with Crippen LogP contribution in [0.15, 0.2) is 12.1 Å². The minimum atomic E-state index is 0.247. The zero-order valence-corrected chi connectivity index (χ0v) is 12.7. The lowest BCUT2D eigenvalue weighted by Crippen LogP contribution is -2.33. The second-order valence-electron chi connectivity index (χ2n) is 5.14. The first-order valence-electron chi connectivity index (χ1n) is 6.94. The molecule has 0 aromatic heterocycles. The molecule has 2 rings (SSSR count). The van der Waals surface area contributed by atoms with Crippen LogP contribution in [0, 0.1) is 5.92 Å². The molecule has 1 aliphatic rings. The van der Waals surface area contributed by atoms with Crippen LogP contribution in [0.3, 0.4) is 0 Å². The van der Waals surface area contributed by atoms with Gasteiger partial charge in [0.15, 0.2) is 11.5 Å². The maximum Gasteiger partial charge on any atom is 0.179 e. The standard InChI is InChI=1S/C15H22ClNO3/c1-19-13-7-6-10(14(16)15(13)20-2)8-17-12-5-3-4-11(12)9-18/h6-7,11-12,17-18H,3-5,8-9H2,1-2H3. The summed E-state index contributed by atoms with van der Waals surface area (Å²) in [6.07, 6.45) is 3.37. The van der Waals surface area contributed by atoms with E-state index in [2.05, 4.69) is 5.32 Å². The lowest BCUT2D eigenvalue weighted by Gasteiger charge is -2.20. The SMILES string of the molecule is COc1ccc(CNC2CCCC2CO)c(Cl)c1OC. The molecule has 1 saturated carbocycles. The third-order valence-corrected chi connectivity index (χ3v) is 4.43. The average Bonchev–Trinajstić information content (AvgIpc) is 2.93. The Bertz CT molecular complexity index is 453. The summed E-state index contributed by atoms with van der Waals surface area (Å²) in [6, 6.07) is 4.17. The quantitative estimate of drug-likeness (QED) is 0.848. The minimum Gasteiger partial charge on any atom is -0.493 e. The van der Waals surface area contributed by atoms with Gasteiger partial charge in [-0.2, -0.15) is 0 Å². The fourth-order valence-electron chi connectivity index (χ4n) is 2.83. The number of halogens is 1. The molecule has 0 aliphatic heterocycles. The molecule has 0 bridgehead atoms. The van der Waals surface area contributed by atoms with Gasteiger partial charge in [-0.25, -0.2) is 0 Å². The summed E-state index contributed by atoms with van der Waals surface area (Å²) in [7, 11) is 3.18. The molecule has 5 heteroatoms. The topological polar surface area (TPSA) is 50.7 Å². The molecule has 0 spiro atoms. The summed E-state index contributed by atoms with van der Waals surface area (Å²) in [5, 5.41) is 13.4. The van der Waals surface area contributed by atoms with Crippen molar-refractivity contribution in [1.29, 1.82) is 0 Å². The Kier molecular flexibility index (Phi) is 5.52. The third kappa shape index (κ3) is 3.19. The Labute approximate surface area is 125 Å². The summed E-state index contributed by atoms with van der Waals surface area (Å²) < 4.78 is 10.5. The zero-order chi connectivity index (χ0) is 14.5. The van der Waals surface area contributed by atoms with Gasteiger partial charge in [0.2, 0.25) is 0 Å². The van der Waals surface area contributed by atoms with Crippen molar-refractivity contribution >= 4 is 11.6 Å². The molecule has 20 heavy (non-hydrogen) atoms. The number of nitrogens with one attached hydrogen (secondary N) is 1. The van der Waals surface area contributed by atoms with Crippen LogP contribution < -0.4 is 14.8 Å². The smallest absolute Gasteiger partial charge is 0.179 e. The summed E-state index contributed by atoms with van der Waals surface area (Å²) >= 11 is 6.35. The van der Waals surface area contributed by atoms with Crippen molar-refractivity contribution in [2.24, 2.45) is 5.92 Å². The number of aliphatic hydroxyl groups is 1. The van der Waals surface area contributed by atoms with Crippen molar-refractivity contribution in [1.82, 2.24) is 5.32 Å². The molecule has 2 N–H and O–H groups in total. The van der Waals surface area contributed by atoms with Crippen molar-refractivity contribution in [2.45, 2.75) is 31.8 Å². The van der Waals surface area contributed by atoms with Gasteiger partial charge in [0, 0.05) is 19.2 Å². The second kappa shape index (κ2) is 7.16. The van der Waals surface area contributed by atoms with Crippen molar-refractivity contribution in [3.8, 4) is 11.5 Å². The van der Waals surface area contributed by atoms with Crippen LogP contribution in [0.1, 0.15) is 24.8 Å². The maximum atomic E-state index is 9.34. The highest BCUT2D eigenvalue weighted by Gasteiger charge is 2.26. The molecule has 1 aliphatic carbocycles. The summed E-state index contributed by atoms with van der Waals surface area (Å²) in [5.74, 6) is 1.56. The van der Waals surface area contributed by atoms with E-state index in [1.807, 2.05) is 12.1 Å². The van der Waals surface area contributed by atoms with Gasteiger partial charge < -0.3 is 19.9 Å². The fourth-order valence-corrected chi connectivity index (χ4v) is 3.13. The molecule has 1 aromatic carbocycles. The molecule has 1 fully saturated rings. The number of methoxy groups -OCH3 is 2. The van der Waals surface area contributed by atoms with Gasteiger partial charge >= 0.3 is 0 Å². The molecule has 112 valence electrons. The van der Waals surface area contributed by atoms with Crippen LogP contribution in [-0.4, -0.2) is 32.0 Å². The second-order valence-corrected chi connectivity index (χ2v) is 5.51. The molecule has 0 heterocycles. The normalized spacial score (nSPS) is 22.0. The molecule has 0 saturated heterocycles.